The highest BCUT2D eigenvalue weighted by Gasteiger charge is 2.35. The predicted molar refractivity (Wildman–Crippen MR) is 127 cm³/mol. The van der Waals surface area contributed by atoms with E-state index >= 15 is 0 Å². The molecule has 4 rings (SSSR count). The average Bonchev–Trinajstić information content (AvgIpc) is 3.25. The standard InChI is InChI=1S/C25H21F3N4O2S/c1-16(23(29)33)35-24-31-30-22(32(24)20-13-7-6-12-19(20)25(26,27)28)15-34-21-14-8-5-11-18(21)17-9-3-2-4-10-17/h2-14,16H,15H2,1H3,(H2,29,33). The molecule has 0 aliphatic rings. The van der Waals surface area contributed by atoms with Crippen LogP contribution in [0.1, 0.15) is 18.3 Å². The molecule has 0 aliphatic carbocycles. The van der Waals surface area contributed by atoms with Crippen molar-refractivity contribution in [3.8, 4) is 22.6 Å². The predicted octanol–water partition coefficient (Wildman–Crippen LogP) is 5.50. The first-order chi connectivity index (χ1) is 16.8. The van der Waals surface area contributed by atoms with Gasteiger partial charge in [0.05, 0.1) is 16.5 Å². The highest BCUT2D eigenvalue weighted by atomic mass is 32.2. The van der Waals surface area contributed by atoms with E-state index in [0.29, 0.717) is 5.75 Å². The molecule has 4 aromatic rings. The number of nitrogens with zero attached hydrogens (tertiary/aromatic N) is 3. The maximum absolute atomic E-state index is 13.8. The molecule has 0 radical (unpaired) electrons. The molecule has 0 spiro atoms. The SMILES string of the molecule is CC(Sc1nnc(COc2ccccc2-c2ccccc2)n1-c1ccccc1C(F)(F)F)C(N)=O. The number of carbonyl (C=O) groups is 1. The maximum Gasteiger partial charge on any atom is 0.418 e. The number of hydrogen-bond donors (Lipinski definition) is 1. The smallest absolute Gasteiger partial charge is 0.418 e. The van der Waals surface area contributed by atoms with Gasteiger partial charge in [0.15, 0.2) is 11.0 Å². The second-order valence-electron chi connectivity index (χ2n) is 7.56. The van der Waals surface area contributed by atoms with Gasteiger partial charge in [-0.05, 0) is 30.7 Å². The molecule has 0 bridgehead atoms. The molecule has 0 fully saturated rings. The molecule has 1 atom stereocenters. The van der Waals surface area contributed by atoms with E-state index in [1.165, 1.54) is 22.8 Å². The van der Waals surface area contributed by atoms with Crippen LogP contribution >= 0.6 is 11.8 Å². The van der Waals surface area contributed by atoms with E-state index in [0.717, 1.165) is 29.0 Å². The lowest BCUT2D eigenvalue weighted by molar-refractivity contribution is -0.137. The van der Waals surface area contributed by atoms with Crippen molar-refractivity contribution in [2.45, 2.75) is 30.1 Å². The zero-order valence-corrected chi connectivity index (χ0v) is 19.4. The molecule has 6 nitrogen and oxygen atoms in total. The molecular formula is C25H21F3N4O2S. The summed E-state index contributed by atoms with van der Waals surface area (Å²) in [4.78, 5) is 11.6. The van der Waals surface area contributed by atoms with Crippen LogP contribution in [0.2, 0.25) is 0 Å². The molecule has 0 aliphatic heterocycles. The number of rotatable bonds is 8. The number of thioether (sulfide) groups is 1. The van der Waals surface area contributed by atoms with Gasteiger partial charge in [0.25, 0.3) is 0 Å². The van der Waals surface area contributed by atoms with E-state index in [1.807, 2.05) is 42.5 Å². The number of alkyl halides is 3. The minimum Gasteiger partial charge on any atom is -0.485 e. The Bertz CT molecular complexity index is 1330. The quantitative estimate of drug-likeness (QED) is 0.325. The minimum atomic E-state index is -4.61. The van der Waals surface area contributed by atoms with Crippen LogP contribution in [0.25, 0.3) is 16.8 Å². The van der Waals surface area contributed by atoms with Crippen LogP contribution in [0, 0.1) is 0 Å². The van der Waals surface area contributed by atoms with E-state index in [9.17, 15) is 18.0 Å². The van der Waals surface area contributed by atoms with Gasteiger partial charge < -0.3 is 10.5 Å². The lowest BCUT2D eigenvalue weighted by Crippen LogP contribution is -2.23. The van der Waals surface area contributed by atoms with Crippen LogP contribution in [0.5, 0.6) is 5.75 Å². The maximum atomic E-state index is 13.8. The number of benzene rings is 3. The average molecular weight is 499 g/mol. The fourth-order valence-corrected chi connectivity index (χ4v) is 4.26. The Morgan fingerprint density at radius 3 is 2.37 bits per heavy atom. The molecule has 1 heterocycles. The minimum absolute atomic E-state index is 0.0999. The van der Waals surface area contributed by atoms with Crippen LogP contribution in [-0.2, 0) is 17.6 Å². The molecule has 1 unspecified atom stereocenters. The van der Waals surface area contributed by atoms with Crippen LogP contribution in [0.15, 0.2) is 84.0 Å². The summed E-state index contributed by atoms with van der Waals surface area (Å²) in [5.74, 6) is 0.0593. The molecule has 35 heavy (non-hydrogen) atoms. The van der Waals surface area contributed by atoms with Crippen LogP contribution < -0.4 is 10.5 Å². The zero-order chi connectivity index (χ0) is 25.0. The third-order valence-electron chi connectivity index (χ3n) is 5.16. The Hall–Kier alpha value is -3.79. The number of carbonyl (C=O) groups excluding carboxylic acids is 1. The van der Waals surface area contributed by atoms with Gasteiger partial charge in [-0.1, -0.05) is 72.4 Å². The van der Waals surface area contributed by atoms with Crippen molar-refractivity contribution in [1.82, 2.24) is 14.8 Å². The molecule has 10 heteroatoms. The molecule has 0 saturated carbocycles. The number of para-hydroxylation sites is 2. The summed E-state index contributed by atoms with van der Waals surface area (Å²) in [6, 6.07) is 22.0. The first-order valence-electron chi connectivity index (χ1n) is 10.6. The lowest BCUT2D eigenvalue weighted by Gasteiger charge is -2.18. The van der Waals surface area contributed by atoms with Gasteiger partial charge >= 0.3 is 6.18 Å². The molecule has 1 aromatic heterocycles. The first-order valence-corrected chi connectivity index (χ1v) is 11.5. The third kappa shape index (κ3) is 5.48. The van der Waals surface area contributed by atoms with Crippen molar-refractivity contribution < 1.29 is 22.7 Å². The summed E-state index contributed by atoms with van der Waals surface area (Å²) in [6.07, 6.45) is -4.61. The summed E-state index contributed by atoms with van der Waals surface area (Å²) >= 11 is 0.927. The first kappa shape index (κ1) is 24.3. The van der Waals surface area contributed by atoms with Gasteiger partial charge in [-0.3, -0.25) is 9.36 Å². The molecule has 180 valence electrons. The van der Waals surface area contributed by atoms with Crippen LogP contribution in [-0.4, -0.2) is 25.9 Å². The van der Waals surface area contributed by atoms with Gasteiger partial charge in [0.1, 0.15) is 12.4 Å². The Labute approximate surface area is 203 Å². The molecule has 1 amide bonds. The number of aromatic nitrogens is 3. The van der Waals surface area contributed by atoms with Crippen molar-refractivity contribution >= 4 is 17.7 Å². The Morgan fingerprint density at radius 1 is 1.00 bits per heavy atom. The number of primary amides is 1. The van der Waals surface area contributed by atoms with Gasteiger partial charge in [0.2, 0.25) is 5.91 Å². The second-order valence-corrected chi connectivity index (χ2v) is 8.87. The fraction of sp³-hybridized carbons (Fsp3) is 0.160. The third-order valence-corrected chi connectivity index (χ3v) is 6.22. The van der Waals surface area contributed by atoms with E-state index < -0.39 is 22.9 Å². The van der Waals surface area contributed by atoms with Crippen molar-refractivity contribution in [2.24, 2.45) is 5.73 Å². The Morgan fingerprint density at radius 2 is 1.66 bits per heavy atom. The largest absolute Gasteiger partial charge is 0.485 e. The summed E-state index contributed by atoms with van der Waals surface area (Å²) in [6.45, 7) is 1.39. The summed E-state index contributed by atoms with van der Waals surface area (Å²) in [5.41, 5.74) is 6.09. The Kier molecular flexibility index (Phi) is 7.11. The fourth-order valence-electron chi connectivity index (χ4n) is 3.43. The monoisotopic (exact) mass is 498 g/mol. The van der Waals surface area contributed by atoms with Gasteiger partial charge in [-0.2, -0.15) is 13.2 Å². The zero-order valence-electron chi connectivity index (χ0n) is 18.6. The highest BCUT2D eigenvalue weighted by molar-refractivity contribution is 8.00. The number of ether oxygens (including phenoxy) is 1. The molecular weight excluding hydrogens is 477 g/mol. The van der Waals surface area contributed by atoms with Gasteiger partial charge in [-0.15, -0.1) is 10.2 Å². The van der Waals surface area contributed by atoms with Crippen molar-refractivity contribution in [3.63, 3.8) is 0 Å². The van der Waals surface area contributed by atoms with E-state index in [1.54, 1.807) is 19.1 Å². The normalized spacial score (nSPS) is 12.3. The van der Waals surface area contributed by atoms with Crippen LogP contribution in [0.4, 0.5) is 13.2 Å². The number of halogens is 3. The number of nitrogens with two attached hydrogens (primary N) is 1. The Balaban J connectivity index is 1.74. The van der Waals surface area contributed by atoms with Crippen molar-refractivity contribution in [3.05, 3.63) is 90.3 Å². The van der Waals surface area contributed by atoms with E-state index in [4.69, 9.17) is 10.5 Å². The van der Waals surface area contributed by atoms with E-state index in [-0.39, 0.29) is 23.3 Å². The van der Waals surface area contributed by atoms with Crippen molar-refractivity contribution in [2.75, 3.05) is 0 Å². The lowest BCUT2D eigenvalue weighted by atomic mass is 10.1. The molecule has 0 saturated heterocycles. The van der Waals surface area contributed by atoms with Gasteiger partial charge in [-0.25, -0.2) is 0 Å². The number of amides is 1. The van der Waals surface area contributed by atoms with Crippen LogP contribution in [0.3, 0.4) is 0 Å². The summed E-state index contributed by atoms with van der Waals surface area (Å²) in [7, 11) is 0. The summed E-state index contributed by atoms with van der Waals surface area (Å²) < 4.78 is 48.7. The second kappa shape index (κ2) is 10.2. The number of hydrogen-bond acceptors (Lipinski definition) is 5. The molecule has 3 aromatic carbocycles. The molecule has 2 N–H and O–H groups in total. The van der Waals surface area contributed by atoms with Gasteiger partial charge in [0, 0.05) is 5.56 Å². The van der Waals surface area contributed by atoms with E-state index in [2.05, 4.69) is 10.2 Å². The topological polar surface area (TPSA) is 83.0 Å². The highest BCUT2D eigenvalue weighted by Crippen LogP contribution is 2.37. The van der Waals surface area contributed by atoms with Crippen molar-refractivity contribution in [1.29, 1.82) is 0 Å². The summed E-state index contributed by atoms with van der Waals surface area (Å²) in [5, 5.41) is 7.51.